The molecule has 1 N–H and O–H groups in total. The van der Waals surface area contributed by atoms with E-state index < -0.39 is 45.0 Å². The van der Waals surface area contributed by atoms with Crippen molar-refractivity contribution in [3.05, 3.63) is 102 Å². The highest BCUT2D eigenvalue weighted by Gasteiger charge is 2.31. The Kier molecular flexibility index (Phi) is 10.8. The lowest BCUT2D eigenvalue weighted by Gasteiger charge is -2.25. The summed E-state index contributed by atoms with van der Waals surface area (Å²) in [5, 5.41) is 7.66. The van der Waals surface area contributed by atoms with Gasteiger partial charge in [-0.25, -0.2) is 36.3 Å². The summed E-state index contributed by atoms with van der Waals surface area (Å²) in [7, 11) is -0.897. The molecule has 6 rings (SSSR count). The van der Waals surface area contributed by atoms with Gasteiger partial charge in [0.15, 0.2) is 15.4 Å². The van der Waals surface area contributed by atoms with E-state index in [0.29, 0.717) is 21.3 Å². The van der Waals surface area contributed by atoms with Crippen molar-refractivity contribution in [1.29, 1.82) is 0 Å². The second kappa shape index (κ2) is 14.9. The van der Waals surface area contributed by atoms with E-state index in [9.17, 15) is 26.8 Å². The molecule has 6 aromatic rings. The number of anilines is 1. The molecule has 284 valence electrons. The third-order valence-corrected chi connectivity index (χ3v) is 11.0. The summed E-state index contributed by atoms with van der Waals surface area (Å²) >= 11 is 11.2. The van der Waals surface area contributed by atoms with E-state index in [2.05, 4.69) is 31.3 Å². The molecular weight excluding hydrogens is 832 g/mol. The van der Waals surface area contributed by atoms with Gasteiger partial charge in [-0.15, -0.1) is 0 Å². The van der Waals surface area contributed by atoms with E-state index in [4.69, 9.17) is 26.1 Å². The molecule has 0 aliphatic heterocycles. The molecule has 3 heterocycles. The van der Waals surface area contributed by atoms with Crippen molar-refractivity contribution >= 4 is 82.1 Å². The average Bonchev–Trinajstić information content (AvgIpc) is 3.62. The number of thiazole rings is 1. The lowest BCUT2D eigenvalue weighted by Crippen LogP contribution is -2.39. The van der Waals surface area contributed by atoms with Crippen LogP contribution < -0.4 is 19.9 Å². The fourth-order valence-electron chi connectivity index (χ4n) is 5.89. The average molecular weight is 865 g/mol. The number of hydrogen-bond donors (Lipinski definition) is 1. The number of alkyl carbamates (subject to hydrolysis) is 1. The number of benzene rings is 3. The fourth-order valence-corrected chi connectivity index (χ4v) is 8.27. The zero-order valence-corrected chi connectivity index (χ0v) is 33.6. The van der Waals surface area contributed by atoms with Crippen LogP contribution in [0.5, 0.6) is 5.75 Å². The van der Waals surface area contributed by atoms with Gasteiger partial charge in [-0.3, -0.25) is 14.0 Å². The molecule has 3 aromatic heterocycles. The van der Waals surface area contributed by atoms with Crippen molar-refractivity contribution in [3.8, 4) is 11.4 Å². The van der Waals surface area contributed by atoms with Crippen LogP contribution in [0.25, 0.3) is 26.9 Å². The first-order chi connectivity index (χ1) is 25.3. The number of ether oxygens (including phenoxy) is 2. The highest BCUT2D eigenvalue weighted by atomic mass is 79.9. The lowest BCUT2D eigenvalue weighted by molar-refractivity contribution is 0.0500. The molecule has 19 heteroatoms. The van der Waals surface area contributed by atoms with Crippen LogP contribution in [-0.2, 0) is 34.8 Å². The van der Waals surface area contributed by atoms with Crippen LogP contribution in [0.3, 0.4) is 0 Å². The molecule has 0 aliphatic carbocycles. The van der Waals surface area contributed by atoms with Gasteiger partial charge >= 0.3 is 6.09 Å². The quantitative estimate of drug-likeness (QED) is 0.151. The van der Waals surface area contributed by atoms with E-state index >= 15 is 0 Å². The normalized spacial score (nSPS) is 12.6. The van der Waals surface area contributed by atoms with E-state index in [0.717, 1.165) is 34.0 Å². The largest absolute Gasteiger partial charge is 0.497 e. The highest BCUT2D eigenvalue weighted by Crippen LogP contribution is 2.38. The van der Waals surface area contributed by atoms with Gasteiger partial charge in [-0.05, 0) is 84.2 Å². The third kappa shape index (κ3) is 8.20. The van der Waals surface area contributed by atoms with Crippen molar-refractivity contribution in [1.82, 2.24) is 29.6 Å². The number of carbonyl (C=O) groups excluding carboxylic acids is 1. The molecule has 1 amide bonds. The Morgan fingerprint density at radius 1 is 1.07 bits per heavy atom. The van der Waals surface area contributed by atoms with Gasteiger partial charge in [-0.2, -0.15) is 5.10 Å². The zero-order valence-electron chi connectivity index (χ0n) is 29.6. The van der Waals surface area contributed by atoms with E-state index in [-0.39, 0.29) is 62.1 Å². The summed E-state index contributed by atoms with van der Waals surface area (Å²) in [5.74, 6) is -1.21. The number of hydrogen-bond acceptors (Lipinski definition) is 10. The van der Waals surface area contributed by atoms with Crippen molar-refractivity contribution in [3.63, 3.8) is 0 Å². The minimum Gasteiger partial charge on any atom is -0.497 e. The predicted octanol–water partition coefficient (Wildman–Crippen LogP) is 7.21. The molecular formula is C35H33BrClF2N7O6S2. The number of carbonyl (C=O) groups is 1. The molecule has 3 aromatic carbocycles. The fraction of sp³-hybridized carbons (Fsp3) is 0.286. The van der Waals surface area contributed by atoms with Crippen LogP contribution in [0.4, 0.5) is 19.4 Å². The zero-order chi connectivity index (χ0) is 39.3. The highest BCUT2D eigenvalue weighted by molar-refractivity contribution is 9.11. The van der Waals surface area contributed by atoms with Gasteiger partial charge in [-0.1, -0.05) is 35.1 Å². The van der Waals surface area contributed by atoms with Crippen LogP contribution in [0.15, 0.2) is 63.3 Å². The SMILES string of the molecule is COc1ccc(CN(c2nn(C)c3c(-n4c([C@H](Cc5cc(F)cc(F)c5)NC(=O)OC(C)(C)C)nc5nc(Br)sc5c4=O)ccc(Cl)c23)S(C)(=O)=O)cc1. The summed E-state index contributed by atoms with van der Waals surface area (Å²) in [4.78, 5) is 37.0. The van der Waals surface area contributed by atoms with Gasteiger partial charge in [0.05, 0.1) is 47.6 Å². The molecule has 0 aliphatic rings. The Hall–Kier alpha value is -4.65. The van der Waals surface area contributed by atoms with Crippen molar-refractivity contribution in [2.24, 2.45) is 7.05 Å². The number of fused-ring (bicyclic) bond motifs is 2. The molecule has 0 spiro atoms. The molecule has 0 saturated heterocycles. The number of methoxy groups -OCH3 is 1. The van der Waals surface area contributed by atoms with Crippen LogP contribution in [-0.4, -0.2) is 57.8 Å². The van der Waals surface area contributed by atoms with Crippen molar-refractivity contribution in [2.45, 2.75) is 45.4 Å². The molecule has 0 unspecified atom stereocenters. The van der Waals surface area contributed by atoms with E-state index in [1.165, 1.54) is 28.5 Å². The maximum atomic E-state index is 14.6. The summed E-state index contributed by atoms with van der Waals surface area (Å²) < 4.78 is 70.6. The second-order valence-electron chi connectivity index (χ2n) is 13.3. The first-order valence-electron chi connectivity index (χ1n) is 16.1. The first-order valence-corrected chi connectivity index (χ1v) is 20.0. The minimum atomic E-state index is -3.98. The molecule has 0 saturated carbocycles. The molecule has 0 bridgehead atoms. The van der Waals surface area contributed by atoms with Gasteiger partial charge in [0.25, 0.3) is 5.56 Å². The number of halogens is 4. The molecule has 54 heavy (non-hydrogen) atoms. The van der Waals surface area contributed by atoms with Crippen LogP contribution in [0, 0.1) is 11.6 Å². The maximum absolute atomic E-state index is 14.6. The summed E-state index contributed by atoms with van der Waals surface area (Å²) in [5.41, 5.74) is -0.328. The van der Waals surface area contributed by atoms with E-state index in [1.807, 2.05) is 0 Å². The minimum absolute atomic E-state index is 0.0134. The Morgan fingerprint density at radius 2 is 1.74 bits per heavy atom. The topological polar surface area (TPSA) is 151 Å². The van der Waals surface area contributed by atoms with E-state index in [1.54, 1.807) is 52.1 Å². The van der Waals surface area contributed by atoms with Crippen molar-refractivity contribution < 1.29 is 31.5 Å². The Labute approximate surface area is 325 Å². The van der Waals surface area contributed by atoms with Crippen molar-refractivity contribution in [2.75, 3.05) is 17.7 Å². The van der Waals surface area contributed by atoms with Gasteiger partial charge in [0, 0.05) is 19.5 Å². The molecule has 1 atom stereocenters. The van der Waals surface area contributed by atoms with Gasteiger partial charge in [0.2, 0.25) is 10.0 Å². The summed E-state index contributed by atoms with van der Waals surface area (Å²) in [6.45, 7) is 4.87. The number of aryl methyl sites for hydroxylation is 1. The standard InChI is InChI=1S/C35H33BrClF2N7O6S2/c1-35(2,3)52-34(48)40-24(15-19-13-20(38)16-21(39)14-19)30-41-29-28(53-33(36)42-29)32(47)46(30)25-12-11-23(37)26-27(25)44(4)43-31(26)45(54(6,49)50)17-18-7-9-22(51-5)10-8-18/h7-14,16,24H,15,17H2,1-6H3,(H,40,48)/t24-/m0/s1. The maximum Gasteiger partial charge on any atom is 0.408 e. The monoisotopic (exact) mass is 863 g/mol. The summed E-state index contributed by atoms with van der Waals surface area (Å²) in [6, 6.07) is 11.5. The third-order valence-electron chi connectivity index (χ3n) is 8.06. The molecule has 0 radical (unpaired) electrons. The number of rotatable bonds is 10. The van der Waals surface area contributed by atoms with Crippen LogP contribution >= 0.6 is 38.9 Å². The van der Waals surface area contributed by atoms with Gasteiger partial charge < -0.3 is 14.8 Å². The Morgan fingerprint density at radius 3 is 2.35 bits per heavy atom. The lowest BCUT2D eigenvalue weighted by atomic mass is 10.0. The second-order valence-corrected chi connectivity index (χ2v) is 17.9. The van der Waals surface area contributed by atoms with Crippen LogP contribution in [0.1, 0.15) is 43.8 Å². The van der Waals surface area contributed by atoms with Crippen LogP contribution in [0.2, 0.25) is 5.02 Å². The predicted molar refractivity (Wildman–Crippen MR) is 206 cm³/mol. The van der Waals surface area contributed by atoms with Gasteiger partial charge in [0.1, 0.15) is 33.5 Å². The number of nitrogens with one attached hydrogen (secondary N) is 1. The number of sulfonamides is 1. The number of aromatic nitrogens is 5. The Balaban J connectivity index is 1.61. The Bertz CT molecular complexity index is 2570. The number of amides is 1. The summed E-state index contributed by atoms with van der Waals surface area (Å²) in [6.07, 6.45) is -0.0935. The molecule has 0 fully saturated rings. The molecule has 13 nitrogen and oxygen atoms in total. The number of nitrogens with zero attached hydrogens (tertiary/aromatic N) is 6. The first kappa shape index (κ1) is 39.1. The smallest absolute Gasteiger partial charge is 0.408 e.